The number of rotatable bonds is 4. The molecule has 120 valence electrons. The van der Waals surface area contributed by atoms with Gasteiger partial charge in [0.2, 0.25) is 0 Å². The van der Waals surface area contributed by atoms with Crippen molar-refractivity contribution in [1.82, 2.24) is 10.2 Å². The largest absolute Gasteiger partial charge is 0.573 e. The molecule has 1 saturated heterocycles. The molecule has 0 spiro atoms. The van der Waals surface area contributed by atoms with Crippen LogP contribution in [-0.2, 0) is 0 Å². The molecule has 7 heteroatoms. The van der Waals surface area contributed by atoms with E-state index in [1.165, 1.54) is 12.1 Å². The van der Waals surface area contributed by atoms with Gasteiger partial charge in [0.15, 0.2) is 0 Å². The second-order valence-electron chi connectivity index (χ2n) is 4.83. The summed E-state index contributed by atoms with van der Waals surface area (Å²) in [6, 6.07) is 6.45. The van der Waals surface area contributed by atoms with Crippen molar-refractivity contribution in [2.75, 3.05) is 26.2 Å². The summed E-state index contributed by atoms with van der Waals surface area (Å²) in [6.07, 6.45) is -3.70. The molecule has 1 atom stereocenters. The average molecular weight is 325 g/mol. The molecule has 1 N–H and O–H groups in total. The zero-order chi connectivity index (χ0) is 14.6. The van der Waals surface area contributed by atoms with Gasteiger partial charge in [-0.05, 0) is 24.1 Å². The summed E-state index contributed by atoms with van der Waals surface area (Å²) in [5.74, 6) is -0.170. The van der Waals surface area contributed by atoms with Crippen molar-refractivity contribution in [2.24, 2.45) is 0 Å². The molecule has 0 bridgehead atoms. The first kappa shape index (κ1) is 18.1. The Morgan fingerprint density at radius 3 is 2.24 bits per heavy atom. The summed E-state index contributed by atoms with van der Waals surface area (Å²) in [5.41, 5.74) is 1.03. The van der Waals surface area contributed by atoms with E-state index in [4.69, 9.17) is 0 Å². The molecule has 0 unspecified atom stereocenters. The maximum atomic E-state index is 12.1. The molecule has 1 aliphatic heterocycles. The Morgan fingerprint density at radius 2 is 1.76 bits per heavy atom. The molecule has 0 radical (unpaired) electrons. The van der Waals surface area contributed by atoms with E-state index in [2.05, 4.69) is 21.9 Å². The van der Waals surface area contributed by atoms with Crippen molar-refractivity contribution >= 4 is 12.4 Å². The standard InChI is InChI=1S/C14H19F3N2O.ClH/c1-2-13(19-9-7-18-8-10-19)11-3-5-12(6-4-11)20-14(15,16)17;/h3-6,13,18H,2,7-10H2,1H3;1H/t13-;/m1./s1. The van der Waals surface area contributed by atoms with Crippen LogP contribution in [0, 0.1) is 0 Å². The highest BCUT2D eigenvalue weighted by Crippen LogP contribution is 2.28. The van der Waals surface area contributed by atoms with Crippen molar-refractivity contribution < 1.29 is 17.9 Å². The first-order chi connectivity index (χ1) is 9.49. The third kappa shape index (κ3) is 5.37. The van der Waals surface area contributed by atoms with E-state index < -0.39 is 6.36 Å². The van der Waals surface area contributed by atoms with Crippen molar-refractivity contribution in [3.8, 4) is 5.75 Å². The molecule has 1 heterocycles. The van der Waals surface area contributed by atoms with Gasteiger partial charge in [0.25, 0.3) is 0 Å². The van der Waals surface area contributed by atoms with Gasteiger partial charge in [-0.25, -0.2) is 0 Å². The Morgan fingerprint density at radius 1 is 1.19 bits per heavy atom. The van der Waals surface area contributed by atoms with Gasteiger partial charge in [0.1, 0.15) is 5.75 Å². The molecular formula is C14H20ClF3N2O. The lowest BCUT2D eigenvalue weighted by molar-refractivity contribution is -0.274. The Kier molecular flexibility index (Phi) is 6.77. The van der Waals surface area contributed by atoms with Crippen LogP contribution in [0.15, 0.2) is 24.3 Å². The quantitative estimate of drug-likeness (QED) is 0.919. The first-order valence-corrected chi connectivity index (χ1v) is 6.80. The number of nitrogens with zero attached hydrogens (tertiary/aromatic N) is 1. The summed E-state index contributed by atoms with van der Waals surface area (Å²) >= 11 is 0. The molecule has 1 aromatic carbocycles. The minimum Gasteiger partial charge on any atom is -0.406 e. The average Bonchev–Trinajstić information content (AvgIpc) is 2.41. The number of alkyl halides is 3. The van der Waals surface area contributed by atoms with Gasteiger partial charge in [-0.15, -0.1) is 25.6 Å². The smallest absolute Gasteiger partial charge is 0.406 e. The predicted molar refractivity (Wildman–Crippen MR) is 77.8 cm³/mol. The third-order valence-electron chi connectivity index (χ3n) is 3.48. The molecule has 0 aromatic heterocycles. The maximum Gasteiger partial charge on any atom is 0.573 e. The normalized spacial score (nSPS) is 17.9. The Hall–Kier alpha value is -0.980. The van der Waals surface area contributed by atoms with Crippen molar-refractivity contribution in [3.63, 3.8) is 0 Å². The number of hydrogen-bond acceptors (Lipinski definition) is 3. The molecule has 2 rings (SSSR count). The summed E-state index contributed by atoms with van der Waals surface area (Å²) in [7, 11) is 0. The minimum atomic E-state index is -4.63. The van der Waals surface area contributed by atoms with Gasteiger partial charge in [-0.2, -0.15) is 0 Å². The van der Waals surface area contributed by atoms with Crippen LogP contribution in [0.3, 0.4) is 0 Å². The summed E-state index contributed by atoms with van der Waals surface area (Å²) in [5, 5.41) is 3.29. The molecular weight excluding hydrogens is 305 g/mol. The van der Waals surface area contributed by atoms with E-state index in [0.29, 0.717) is 0 Å². The van der Waals surface area contributed by atoms with E-state index >= 15 is 0 Å². The van der Waals surface area contributed by atoms with Gasteiger partial charge in [-0.1, -0.05) is 19.1 Å². The van der Waals surface area contributed by atoms with E-state index in [1.54, 1.807) is 12.1 Å². The lowest BCUT2D eigenvalue weighted by Crippen LogP contribution is -2.45. The molecule has 0 aliphatic carbocycles. The number of benzene rings is 1. The molecule has 3 nitrogen and oxygen atoms in total. The van der Waals surface area contributed by atoms with Gasteiger partial charge in [0, 0.05) is 32.2 Å². The highest BCUT2D eigenvalue weighted by molar-refractivity contribution is 5.85. The topological polar surface area (TPSA) is 24.5 Å². The van der Waals surface area contributed by atoms with Gasteiger partial charge >= 0.3 is 6.36 Å². The van der Waals surface area contributed by atoms with Crippen LogP contribution in [0.2, 0.25) is 0 Å². The highest BCUT2D eigenvalue weighted by atomic mass is 35.5. The van der Waals surface area contributed by atoms with Crippen LogP contribution < -0.4 is 10.1 Å². The molecule has 1 aliphatic rings. The second kappa shape index (κ2) is 7.87. The van der Waals surface area contributed by atoms with Crippen LogP contribution in [-0.4, -0.2) is 37.4 Å². The number of halogens is 4. The lowest BCUT2D eigenvalue weighted by atomic mass is 10.0. The number of hydrogen-bond donors (Lipinski definition) is 1. The highest BCUT2D eigenvalue weighted by Gasteiger charge is 2.31. The third-order valence-corrected chi connectivity index (χ3v) is 3.48. The van der Waals surface area contributed by atoms with Gasteiger partial charge < -0.3 is 10.1 Å². The maximum absolute atomic E-state index is 12.1. The first-order valence-electron chi connectivity index (χ1n) is 6.80. The SMILES string of the molecule is CC[C@H](c1ccc(OC(F)(F)F)cc1)N1CCNCC1.Cl. The van der Waals surface area contributed by atoms with E-state index in [9.17, 15) is 13.2 Å². The number of piperazine rings is 1. The Labute approximate surface area is 128 Å². The monoisotopic (exact) mass is 324 g/mol. The summed E-state index contributed by atoms with van der Waals surface area (Å²) in [4.78, 5) is 2.36. The Balaban J connectivity index is 0.00000220. The fourth-order valence-electron chi connectivity index (χ4n) is 2.59. The van der Waals surface area contributed by atoms with Crippen LogP contribution in [0.1, 0.15) is 24.9 Å². The van der Waals surface area contributed by atoms with E-state index in [0.717, 1.165) is 38.2 Å². The predicted octanol–water partition coefficient (Wildman–Crippen LogP) is 3.36. The second-order valence-corrected chi connectivity index (χ2v) is 4.83. The van der Waals surface area contributed by atoms with Gasteiger partial charge in [0.05, 0.1) is 0 Å². The van der Waals surface area contributed by atoms with Crippen molar-refractivity contribution in [3.05, 3.63) is 29.8 Å². The number of ether oxygens (including phenoxy) is 1. The lowest BCUT2D eigenvalue weighted by Gasteiger charge is -2.34. The van der Waals surface area contributed by atoms with Crippen LogP contribution >= 0.6 is 12.4 Å². The van der Waals surface area contributed by atoms with Crippen LogP contribution in [0.5, 0.6) is 5.75 Å². The van der Waals surface area contributed by atoms with Crippen LogP contribution in [0.4, 0.5) is 13.2 Å². The molecule has 1 fully saturated rings. The van der Waals surface area contributed by atoms with E-state index in [-0.39, 0.29) is 24.2 Å². The zero-order valence-electron chi connectivity index (χ0n) is 11.8. The summed E-state index contributed by atoms with van der Waals surface area (Å²) in [6.45, 7) is 5.91. The van der Waals surface area contributed by atoms with Crippen molar-refractivity contribution in [2.45, 2.75) is 25.7 Å². The molecule has 21 heavy (non-hydrogen) atoms. The Bertz CT molecular complexity index is 419. The fourth-order valence-corrected chi connectivity index (χ4v) is 2.59. The zero-order valence-corrected chi connectivity index (χ0v) is 12.6. The fraction of sp³-hybridized carbons (Fsp3) is 0.571. The van der Waals surface area contributed by atoms with Gasteiger partial charge in [-0.3, -0.25) is 4.90 Å². The molecule has 0 amide bonds. The number of nitrogens with one attached hydrogen (secondary N) is 1. The summed E-state index contributed by atoms with van der Waals surface area (Å²) < 4.78 is 40.3. The van der Waals surface area contributed by atoms with E-state index in [1.807, 2.05) is 0 Å². The molecule has 0 saturated carbocycles. The molecule has 1 aromatic rings. The van der Waals surface area contributed by atoms with Crippen molar-refractivity contribution in [1.29, 1.82) is 0 Å². The van der Waals surface area contributed by atoms with Crippen LogP contribution in [0.25, 0.3) is 0 Å². The minimum absolute atomic E-state index is 0.